The zero-order chi connectivity index (χ0) is 23.4. The normalized spacial score (nSPS) is 12.3. The molecule has 0 spiro atoms. The first-order valence-electron chi connectivity index (χ1n) is 10.2. The zero-order valence-corrected chi connectivity index (χ0v) is 19.3. The maximum atomic E-state index is 14.3. The van der Waals surface area contributed by atoms with Crippen molar-refractivity contribution in [2.45, 2.75) is 39.3 Å². The van der Waals surface area contributed by atoms with Gasteiger partial charge in [0.05, 0.1) is 16.7 Å². The highest BCUT2D eigenvalue weighted by atomic mass is 35.5. The van der Waals surface area contributed by atoms with Crippen LogP contribution in [0, 0.1) is 11.7 Å². The highest BCUT2D eigenvalue weighted by molar-refractivity contribution is 6.33. The average molecular weight is 480 g/mol. The maximum Gasteiger partial charge on any atom is 0.346 e. The number of carbonyl (C=O) groups is 1. The standard InChI is InChI=1S/C23H24Cl2FN3O3/c1-14(2)11-28-22(18-6-3-4-8-19(18)24)27-29(23(28)32)12-16(31)10-15(13-30)17-7-5-9-20(25)21(17)26/h3-9,14-15,30H,10-13H2,1-2H3. The summed E-state index contributed by atoms with van der Waals surface area (Å²) in [6.07, 6.45) is -0.168. The molecule has 0 radical (unpaired) electrons. The van der Waals surface area contributed by atoms with E-state index >= 15 is 0 Å². The number of hydrogen-bond donors (Lipinski definition) is 1. The molecule has 170 valence electrons. The van der Waals surface area contributed by atoms with Gasteiger partial charge in [-0.25, -0.2) is 13.9 Å². The second-order valence-corrected chi connectivity index (χ2v) is 8.83. The Kier molecular flexibility index (Phi) is 7.87. The highest BCUT2D eigenvalue weighted by Crippen LogP contribution is 2.28. The number of aliphatic hydroxyl groups excluding tert-OH is 1. The van der Waals surface area contributed by atoms with E-state index in [1.807, 2.05) is 13.8 Å². The van der Waals surface area contributed by atoms with Crippen molar-refractivity contribution in [2.24, 2.45) is 5.92 Å². The molecule has 0 fully saturated rings. The van der Waals surface area contributed by atoms with E-state index in [9.17, 15) is 19.1 Å². The Morgan fingerprint density at radius 1 is 1.12 bits per heavy atom. The van der Waals surface area contributed by atoms with Gasteiger partial charge in [0.1, 0.15) is 12.4 Å². The van der Waals surface area contributed by atoms with Crippen molar-refractivity contribution < 1.29 is 14.3 Å². The molecule has 0 aliphatic carbocycles. The zero-order valence-electron chi connectivity index (χ0n) is 17.8. The van der Waals surface area contributed by atoms with Crippen LogP contribution in [0.1, 0.15) is 31.7 Å². The molecule has 9 heteroatoms. The summed E-state index contributed by atoms with van der Waals surface area (Å²) in [4.78, 5) is 25.8. The molecule has 2 aromatic carbocycles. The molecular formula is C23H24Cl2FN3O3. The topological polar surface area (TPSA) is 77.1 Å². The predicted molar refractivity (Wildman–Crippen MR) is 123 cm³/mol. The molecule has 32 heavy (non-hydrogen) atoms. The fourth-order valence-electron chi connectivity index (χ4n) is 3.53. The summed E-state index contributed by atoms with van der Waals surface area (Å²) < 4.78 is 16.9. The number of Topliss-reactive ketones (excluding diaryl/α,β-unsaturated/α-hetero) is 1. The van der Waals surface area contributed by atoms with Crippen LogP contribution in [0.5, 0.6) is 0 Å². The summed E-state index contributed by atoms with van der Waals surface area (Å²) in [5.41, 5.74) is 0.312. The summed E-state index contributed by atoms with van der Waals surface area (Å²) in [5.74, 6) is -1.28. The number of carbonyl (C=O) groups excluding carboxylic acids is 1. The van der Waals surface area contributed by atoms with Gasteiger partial charge in [0, 0.05) is 24.4 Å². The van der Waals surface area contributed by atoms with Gasteiger partial charge in [-0.2, -0.15) is 0 Å². The van der Waals surface area contributed by atoms with E-state index in [2.05, 4.69) is 5.10 Å². The Morgan fingerprint density at radius 2 is 1.81 bits per heavy atom. The summed E-state index contributed by atoms with van der Waals surface area (Å²) in [7, 11) is 0. The SMILES string of the molecule is CC(C)Cn1c(-c2ccccc2Cl)nn(CC(=O)CC(CO)c2cccc(Cl)c2F)c1=O. The molecule has 1 N–H and O–H groups in total. The van der Waals surface area contributed by atoms with Gasteiger partial charge in [-0.15, -0.1) is 5.10 Å². The van der Waals surface area contributed by atoms with Crippen LogP contribution in [0.2, 0.25) is 10.0 Å². The van der Waals surface area contributed by atoms with Gasteiger partial charge in [-0.3, -0.25) is 9.36 Å². The summed E-state index contributed by atoms with van der Waals surface area (Å²) in [5, 5.41) is 14.5. The Morgan fingerprint density at radius 3 is 2.47 bits per heavy atom. The lowest BCUT2D eigenvalue weighted by Crippen LogP contribution is -2.29. The molecule has 1 heterocycles. The Bertz CT molecular complexity index is 1170. The quantitative estimate of drug-likeness (QED) is 0.488. The second kappa shape index (κ2) is 10.4. The number of nitrogens with zero attached hydrogens (tertiary/aromatic N) is 3. The van der Waals surface area contributed by atoms with Crippen LogP contribution >= 0.6 is 23.2 Å². The van der Waals surface area contributed by atoms with E-state index in [4.69, 9.17) is 23.2 Å². The van der Waals surface area contributed by atoms with Gasteiger partial charge in [-0.05, 0) is 29.7 Å². The molecule has 0 amide bonds. The number of ketones is 1. The lowest BCUT2D eigenvalue weighted by molar-refractivity contribution is -0.120. The number of aromatic nitrogens is 3. The van der Waals surface area contributed by atoms with Crippen LogP contribution in [0.4, 0.5) is 4.39 Å². The fraction of sp³-hybridized carbons (Fsp3) is 0.348. The van der Waals surface area contributed by atoms with Gasteiger partial charge >= 0.3 is 5.69 Å². The summed E-state index contributed by atoms with van der Waals surface area (Å²) >= 11 is 12.1. The van der Waals surface area contributed by atoms with E-state index < -0.39 is 24.0 Å². The Labute approximate surface area is 195 Å². The van der Waals surface area contributed by atoms with Crippen LogP contribution in [0.15, 0.2) is 47.3 Å². The third-order valence-corrected chi connectivity index (χ3v) is 5.65. The maximum absolute atomic E-state index is 14.3. The van der Waals surface area contributed by atoms with E-state index in [0.717, 1.165) is 4.68 Å². The molecule has 3 rings (SSSR count). The van der Waals surface area contributed by atoms with Gasteiger partial charge in [-0.1, -0.05) is 61.3 Å². The molecule has 0 aliphatic heterocycles. The van der Waals surface area contributed by atoms with Crippen molar-refractivity contribution in [2.75, 3.05) is 6.61 Å². The number of halogens is 3. The highest BCUT2D eigenvalue weighted by Gasteiger charge is 2.23. The van der Waals surface area contributed by atoms with Crippen molar-refractivity contribution in [1.29, 1.82) is 0 Å². The number of aliphatic hydroxyl groups is 1. The summed E-state index contributed by atoms with van der Waals surface area (Å²) in [6, 6.07) is 11.5. The number of rotatable bonds is 9. The molecule has 0 aliphatic rings. The van der Waals surface area contributed by atoms with E-state index in [1.165, 1.54) is 16.7 Å². The third-order valence-electron chi connectivity index (χ3n) is 5.03. The van der Waals surface area contributed by atoms with Gasteiger partial charge in [0.2, 0.25) is 0 Å². The molecule has 3 aromatic rings. The van der Waals surface area contributed by atoms with Crippen molar-refractivity contribution in [3.05, 3.63) is 74.4 Å². The van der Waals surface area contributed by atoms with Crippen LogP contribution in [-0.4, -0.2) is 31.8 Å². The fourth-order valence-corrected chi connectivity index (χ4v) is 3.93. The minimum Gasteiger partial charge on any atom is -0.396 e. The van der Waals surface area contributed by atoms with Crippen molar-refractivity contribution >= 4 is 29.0 Å². The first-order valence-corrected chi connectivity index (χ1v) is 11.0. The third kappa shape index (κ3) is 5.28. The molecule has 1 aromatic heterocycles. The minimum absolute atomic E-state index is 0.0820. The largest absolute Gasteiger partial charge is 0.396 e. The van der Waals surface area contributed by atoms with Crippen molar-refractivity contribution in [1.82, 2.24) is 14.3 Å². The van der Waals surface area contributed by atoms with E-state index in [-0.39, 0.29) is 35.3 Å². The van der Waals surface area contributed by atoms with Gasteiger partial charge < -0.3 is 5.11 Å². The van der Waals surface area contributed by atoms with Crippen LogP contribution in [-0.2, 0) is 17.9 Å². The molecule has 6 nitrogen and oxygen atoms in total. The van der Waals surface area contributed by atoms with Crippen LogP contribution in [0.3, 0.4) is 0 Å². The monoisotopic (exact) mass is 479 g/mol. The van der Waals surface area contributed by atoms with Crippen molar-refractivity contribution in [3.8, 4) is 11.4 Å². The first-order chi connectivity index (χ1) is 15.2. The molecular weight excluding hydrogens is 456 g/mol. The van der Waals surface area contributed by atoms with Crippen LogP contribution in [0.25, 0.3) is 11.4 Å². The lowest BCUT2D eigenvalue weighted by atomic mass is 9.94. The van der Waals surface area contributed by atoms with E-state index in [0.29, 0.717) is 23.0 Å². The molecule has 0 saturated carbocycles. The molecule has 1 unspecified atom stereocenters. The number of benzene rings is 2. The predicted octanol–water partition coefficient (Wildman–Crippen LogP) is 4.55. The first kappa shape index (κ1) is 24.2. The number of hydrogen-bond acceptors (Lipinski definition) is 4. The van der Waals surface area contributed by atoms with E-state index in [1.54, 1.807) is 30.3 Å². The smallest absolute Gasteiger partial charge is 0.346 e. The lowest BCUT2D eigenvalue weighted by Gasteiger charge is -2.15. The Balaban J connectivity index is 1.90. The van der Waals surface area contributed by atoms with Gasteiger partial charge in [0.15, 0.2) is 11.6 Å². The molecule has 0 saturated heterocycles. The van der Waals surface area contributed by atoms with Crippen LogP contribution < -0.4 is 5.69 Å². The molecule has 0 bridgehead atoms. The molecule has 1 atom stereocenters. The second-order valence-electron chi connectivity index (χ2n) is 8.01. The average Bonchev–Trinajstić information content (AvgIpc) is 3.03. The van der Waals surface area contributed by atoms with Gasteiger partial charge in [0.25, 0.3) is 0 Å². The Hall–Kier alpha value is -2.48. The minimum atomic E-state index is -0.780. The summed E-state index contributed by atoms with van der Waals surface area (Å²) in [6.45, 7) is 3.60. The van der Waals surface area contributed by atoms with Crippen molar-refractivity contribution in [3.63, 3.8) is 0 Å².